The van der Waals surface area contributed by atoms with Crippen LogP contribution in [-0.4, -0.2) is 16.0 Å². The minimum absolute atomic E-state index is 0.537. The highest BCUT2D eigenvalue weighted by Crippen LogP contribution is 2.20. The molecule has 20 heavy (non-hydrogen) atoms. The van der Waals surface area contributed by atoms with Gasteiger partial charge in [-0.1, -0.05) is 30.1 Å². The van der Waals surface area contributed by atoms with Crippen molar-refractivity contribution >= 4 is 17.3 Å². The molecule has 0 bridgehead atoms. The van der Waals surface area contributed by atoms with Crippen molar-refractivity contribution < 1.29 is 4.98 Å². The number of hydrogen-bond donors (Lipinski definition) is 1. The standard InChI is InChI=1S/C15H16N4S/c1-11-18-14(10-20-11)7-6-12-8-16-15(17-9-12)19-13-4-2-3-5-13/h8-10,13H,2-5H2,1H3,(H,16,17,19)/p+1. The lowest BCUT2D eigenvalue weighted by atomic mass is 10.2. The zero-order valence-electron chi connectivity index (χ0n) is 11.4. The first kappa shape index (κ1) is 13.1. The topological polar surface area (TPSA) is 52.0 Å². The summed E-state index contributed by atoms with van der Waals surface area (Å²) in [5, 5.41) is 6.54. The molecular weight excluding hydrogens is 268 g/mol. The molecule has 1 fully saturated rings. The molecule has 0 aliphatic heterocycles. The molecule has 4 nitrogen and oxygen atoms in total. The molecule has 1 aliphatic carbocycles. The predicted molar refractivity (Wildman–Crippen MR) is 79.5 cm³/mol. The Hall–Kier alpha value is -1.93. The Morgan fingerprint density at radius 1 is 1.25 bits per heavy atom. The third-order valence-corrected chi connectivity index (χ3v) is 4.16. The number of nitrogens with zero attached hydrogens (tertiary/aromatic N) is 2. The first-order valence-corrected chi connectivity index (χ1v) is 7.75. The summed E-state index contributed by atoms with van der Waals surface area (Å²) >= 11 is 1.66. The average molecular weight is 285 g/mol. The highest BCUT2D eigenvalue weighted by Gasteiger charge is 2.15. The zero-order valence-corrected chi connectivity index (χ0v) is 12.3. The SMILES string of the molecule is Cc1[nH+]c(C#Cc2cnc(NC3CCCC3)nc2)cs1. The van der Waals surface area contributed by atoms with Crippen LogP contribution >= 0.6 is 11.3 Å². The van der Waals surface area contributed by atoms with E-state index in [2.05, 4.69) is 32.1 Å². The van der Waals surface area contributed by atoms with E-state index < -0.39 is 0 Å². The highest BCUT2D eigenvalue weighted by molar-refractivity contribution is 7.09. The van der Waals surface area contributed by atoms with Crippen molar-refractivity contribution in [2.75, 3.05) is 5.32 Å². The predicted octanol–water partition coefficient (Wildman–Crippen LogP) is 2.41. The van der Waals surface area contributed by atoms with Gasteiger partial charge in [-0.25, -0.2) is 9.97 Å². The molecule has 0 atom stereocenters. The highest BCUT2D eigenvalue weighted by atomic mass is 32.1. The molecule has 0 aromatic carbocycles. The van der Waals surface area contributed by atoms with Crippen molar-refractivity contribution in [3.63, 3.8) is 0 Å². The molecule has 2 N–H and O–H groups in total. The second kappa shape index (κ2) is 6.02. The Bertz CT molecular complexity index is 630. The van der Waals surface area contributed by atoms with Crippen molar-refractivity contribution in [3.05, 3.63) is 34.0 Å². The van der Waals surface area contributed by atoms with Crippen LogP contribution in [0.2, 0.25) is 0 Å². The quantitative estimate of drug-likeness (QED) is 0.862. The van der Waals surface area contributed by atoms with Gasteiger partial charge < -0.3 is 5.32 Å². The minimum atomic E-state index is 0.537. The van der Waals surface area contributed by atoms with Gasteiger partial charge in [0.1, 0.15) is 0 Å². The maximum absolute atomic E-state index is 4.33. The van der Waals surface area contributed by atoms with Crippen LogP contribution in [0, 0.1) is 18.8 Å². The molecule has 0 saturated heterocycles. The van der Waals surface area contributed by atoms with Crippen molar-refractivity contribution in [2.45, 2.75) is 38.6 Å². The first-order chi connectivity index (χ1) is 9.79. The van der Waals surface area contributed by atoms with Gasteiger partial charge in [0, 0.05) is 31.3 Å². The van der Waals surface area contributed by atoms with Crippen LogP contribution in [0.25, 0.3) is 0 Å². The van der Waals surface area contributed by atoms with Gasteiger partial charge in [0.05, 0.1) is 10.9 Å². The third-order valence-electron chi connectivity index (χ3n) is 3.35. The smallest absolute Gasteiger partial charge is 0.266 e. The van der Waals surface area contributed by atoms with Crippen LogP contribution < -0.4 is 10.3 Å². The van der Waals surface area contributed by atoms with Gasteiger partial charge in [0.15, 0.2) is 0 Å². The molecule has 1 aliphatic rings. The Kier molecular flexibility index (Phi) is 3.93. The van der Waals surface area contributed by atoms with Crippen LogP contribution in [0.3, 0.4) is 0 Å². The fourth-order valence-corrected chi connectivity index (χ4v) is 2.90. The van der Waals surface area contributed by atoms with Crippen LogP contribution in [0.5, 0.6) is 0 Å². The lowest BCUT2D eigenvalue weighted by molar-refractivity contribution is -0.383. The fourth-order valence-electron chi connectivity index (χ4n) is 2.32. The largest absolute Gasteiger partial charge is 0.351 e. The normalized spacial score (nSPS) is 14.8. The Balaban J connectivity index is 1.65. The molecule has 102 valence electrons. The summed E-state index contributed by atoms with van der Waals surface area (Å²) in [5.74, 6) is 6.86. The van der Waals surface area contributed by atoms with Gasteiger partial charge in [-0.15, -0.1) is 0 Å². The summed E-state index contributed by atoms with van der Waals surface area (Å²) in [6.07, 6.45) is 8.60. The van der Waals surface area contributed by atoms with Crippen LogP contribution in [-0.2, 0) is 0 Å². The molecule has 2 heterocycles. The summed E-state index contributed by atoms with van der Waals surface area (Å²) < 4.78 is 0. The number of aromatic amines is 1. The number of aryl methyl sites for hydroxylation is 1. The van der Waals surface area contributed by atoms with E-state index in [1.807, 2.05) is 12.3 Å². The number of thiazole rings is 1. The summed E-state index contributed by atoms with van der Waals surface area (Å²) in [6, 6.07) is 0.537. The van der Waals surface area contributed by atoms with Crippen LogP contribution in [0.1, 0.15) is 41.9 Å². The van der Waals surface area contributed by atoms with Crippen LogP contribution in [0.4, 0.5) is 5.95 Å². The van der Waals surface area contributed by atoms with Crippen molar-refractivity contribution in [2.24, 2.45) is 0 Å². The molecule has 0 spiro atoms. The third kappa shape index (κ3) is 3.34. The van der Waals surface area contributed by atoms with Gasteiger partial charge >= 0.3 is 0 Å². The number of H-pyrrole nitrogens is 1. The molecule has 0 amide bonds. The van der Waals surface area contributed by atoms with Crippen LogP contribution in [0.15, 0.2) is 17.8 Å². The van der Waals surface area contributed by atoms with Crippen molar-refractivity contribution in [3.8, 4) is 11.8 Å². The van der Waals surface area contributed by atoms with E-state index in [0.29, 0.717) is 12.0 Å². The molecule has 1 saturated carbocycles. The van der Waals surface area contributed by atoms with Gasteiger partial charge in [0.2, 0.25) is 11.0 Å². The summed E-state index contributed by atoms with van der Waals surface area (Å²) in [4.78, 5) is 11.9. The lowest BCUT2D eigenvalue weighted by Crippen LogP contribution is -2.16. The Morgan fingerprint density at radius 3 is 2.65 bits per heavy atom. The van der Waals surface area contributed by atoms with E-state index in [-0.39, 0.29) is 0 Å². The molecular formula is C15H17N4S+. The first-order valence-electron chi connectivity index (χ1n) is 6.87. The second-order valence-corrected chi connectivity index (χ2v) is 6.09. The van der Waals surface area contributed by atoms with Gasteiger partial charge in [-0.3, -0.25) is 0 Å². The molecule has 2 aromatic heterocycles. The average Bonchev–Trinajstić information content (AvgIpc) is 3.10. The second-order valence-electron chi connectivity index (χ2n) is 5.00. The molecule has 0 radical (unpaired) electrons. The summed E-state index contributed by atoms with van der Waals surface area (Å²) in [5.41, 5.74) is 1.76. The number of nitrogens with one attached hydrogen (secondary N) is 2. The Morgan fingerprint density at radius 2 is 2.00 bits per heavy atom. The molecule has 2 aromatic rings. The van der Waals surface area contributed by atoms with E-state index >= 15 is 0 Å². The van der Waals surface area contributed by atoms with Gasteiger partial charge in [-0.05, 0) is 12.8 Å². The van der Waals surface area contributed by atoms with E-state index in [9.17, 15) is 0 Å². The fraction of sp³-hybridized carbons (Fsp3) is 0.400. The summed E-state index contributed by atoms with van der Waals surface area (Å²) in [7, 11) is 0. The van der Waals surface area contributed by atoms with Crippen molar-refractivity contribution in [1.82, 2.24) is 9.97 Å². The maximum Gasteiger partial charge on any atom is 0.266 e. The van der Waals surface area contributed by atoms with E-state index in [4.69, 9.17) is 0 Å². The Labute approximate surface area is 122 Å². The number of hydrogen-bond acceptors (Lipinski definition) is 4. The monoisotopic (exact) mass is 285 g/mol. The van der Waals surface area contributed by atoms with Crippen molar-refractivity contribution in [1.29, 1.82) is 0 Å². The zero-order chi connectivity index (χ0) is 13.8. The van der Waals surface area contributed by atoms with E-state index in [0.717, 1.165) is 16.3 Å². The molecule has 5 heteroatoms. The number of aromatic nitrogens is 3. The van der Waals surface area contributed by atoms with Gasteiger partial charge in [-0.2, -0.15) is 4.98 Å². The number of anilines is 1. The lowest BCUT2D eigenvalue weighted by Gasteiger charge is -2.10. The molecule has 0 unspecified atom stereocenters. The van der Waals surface area contributed by atoms with E-state index in [1.165, 1.54) is 25.7 Å². The summed E-state index contributed by atoms with van der Waals surface area (Å²) in [6.45, 7) is 2.03. The van der Waals surface area contributed by atoms with E-state index in [1.54, 1.807) is 23.7 Å². The van der Waals surface area contributed by atoms with Gasteiger partial charge in [0.25, 0.3) is 5.69 Å². The number of rotatable bonds is 2. The minimum Gasteiger partial charge on any atom is -0.351 e. The maximum atomic E-state index is 4.33. The molecule has 3 rings (SSSR count).